The van der Waals surface area contributed by atoms with Crippen LogP contribution in [0.4, 0.5) is 0 Å². The molecule has 0 spiro atoms. The highest BCUT2D eigenvalue weighted by Gasteiger charge is 2.12. The number of aliphatic hydroxyl groups excluding tert-OH is 1. The van der Waals surface area contributed by atoms with Crippen molar-refractivity contribution in [2.75, 3.05) is 12.3 Å². The summed E-state index contributed by atoms with van der Waals surface area (Å²) in [6.45, 7) is 3.97. The minimum atomic E-state index is -1.04. The fraction of sp³-hybridized carbons (Fsp3) is 0.840. The molecule has 0 fully saturated rings. The van der Waals surface area contributed by atoms with E-state index in [1.165, 1.54) is 82.4 Å². The van der Waals surface area contributed by atoms with E-state index in [4.69, 9.17) is 5.11 Å². The number of allylic oxidation sites excluding steroid dienone is 1. The summed E-state index contributed by atoms with van der Waals surface area (Å²) < 4.78 is 0. The smallest absolute Gasteiger partial charge is 0.322 e. The topological polar surface area (TPSA) is 86.6 Å². The molecule has 0 radical (unpaired) electrons. The average molecular weight is 458 g/mol. The van der Waals surface area contributed by atoms with Crippen LogP contribution in [0.1, 0.15) is 117 Å². The Morgan fingerprint density at radius 3 is 1.94 bits per heavy atom. The van der Waals surface area contributed by atoms with Gasteiger partial charge in [-0.2, -0.15) is 0 Å². The third-order valence-electron chi connectivity index (χ3n) is 5.33. The van der Waals surface area contributed by atoms with Crippen LogP contribution in [0.15, 0.2) is 11.0 Å². The number of hydrogen-bond donors (Lipinski definition) is 3. The van der Waals surface area contributed by atoms with Crippen LogP contribution in [0, 0.1) is 0 Å². The van der Waals surface area contributed by atoms with Crippen LogP contribution in [0.5, 0.6) is 0 Å². The Morgan fingerprint density at radius 1 is 0.871 bits per heavy atom. The molecule has 6 heteroatoms. The number of carboxylic acids is 1. The summed E-state index contributed by atoms with van der Waals surface area (Å²) in [6, 6.07) is 0. The lowest BCUT2D eigenvalue weighted by Gasteiger charge is -2.14. The maximum Gasteiger partial charge on any atom is 0.322 e. The Labute approximate surface area is 194 Å². The van der Waals surface area contributed by atoms with Gasteiger partial charge in [-0.25, -0.2) is 0 Å². The molecule has 0 aromatic carbocycles. The second kappa shape index (κ2) is 22.2. The Bertz CT molecular complexity index is 482. The van der Waals surface area contributed by atoms with Gasteiger partial charge in [0.25, 0.3) is 0 Å². The summed E-state index contributed by atoms with van der Waals surface area (Å²) in [5.74, 6) is -0.751. The SMILES string of the molecule is CCCCCCCCCCCCCCC=C(SCCC(=O)NCC(=O)O)[C@H](O)CCC. The van der Waals surface area contributed by atoms with E-state index in [9.17, 15) is 14.7 Å². The Kier molecular flexibility index (Phi) is 21.5. The van der Waals surface area contributed by atoms with Crippen molar-refractivity contribution in [1.82, 2.24) is 5.32 Å². The number of carbonyl (C=O) groups excluding carboxylic acids is 1. The van der Waals surface area contributed by atoms with E-state index in [1.807, 2.05) is 0 Å². The standard InChI is InChI=1S/C25H47NO4S/c1-3-5-6-7-8-9-10-11-12-13-14-15-16-18-23(22(27)17-4-2)31-20-19-24(28)26-21-25(29)30/h18,22,27H,3-17,19-21H2,1-2H3,(H,26,28)(H,29,30)/t22-/m1/s1. The minimum Gasteiger partial charge on any atom is -0.480 e. The summed E-state index contributed by atoms with van der Waals surface area (Å²) in [6.07, 6.45) is 20.5. The molecule has 0 saturated heterocycles. The van der Waals surface area contributed by atoms with Crippen molar-refractivity contribution in [3.8, 4) is 0 Å². The molecule has 1 atom stereocenters. The largest absolute Gasteiger partial charge is 0.480 e. The number of carbonyl (C=O) groups is 2. The van der Waals surface area contributed by atoms with Gasteiger partial charge < -0.3 is 15.5 Å². The van der Waals surface area contributed by atoms with E-state index in [0.717, 1.165) is 30.6 Å². The first-order valence-corrected chi connectivity index (χ1v) is 13.5. The van der Waals surface area contributed by atoms with Crippen molar-refractivity contribution in [2.24, 2.45) is 0 Å². The second-order valence-corrected chi connectivity index (χ2v) is 9.53. The maximum atomic E-state index is 11.6. The molecule has 5 nitrogen and oxygen atoms in total. The lowest BCUT2D eigenvalue weighted by atomic mass is 10.0. The molecule has 0 aliphatic carbocycles. The van der Waals surface area contributed by atoms with E-state index < -0.39 is 12.1 Å². The zero-order valence-electron chi connectivity index (χ0n) is 20.0. The van der Waals surface area contributed by atoms with Crippen LogP contribution < -0.4 is 5.32 Å². The van der Waals surface area contributed by atoms with Gasteiger partial charge >= 0.3 is 5.97 Å². The summed E-state index contributed by atoms with van der Waals surface area (Å²) >= 11 is 1.52. The number of carboxylic acid groups (broad SMARTS) is 1. The third-order valence-corrected chi connectivity index (χ3v) is 6.51. The normalized spacial score (nSPS) is 12.7. The van der Waals surface area contributed by atoms with Crippen molar-refractivity contribution in [1.29, 1.82) is 0 Å². The van der Waals surface area contributed by atoms with Gasteiger partial charge in [-0.05, 0) is 19.3 Å². The molecule has 182 valence electrons. The number of rotatable bonds is 22. The van der Waals surface area contributed by atoms with Gasteiger partial charge in [-0.1, -0.05) is 97.0 Å². The minimum absolute atomic E-state index is 0.257. The number of nitrogens with one attached hydrogen (secondary N) is 1. The third kappa shape index (κ3) is 20.6. The van der Waals surface area contributed by atoms with Gasteiger partial charge in [-0.3, -0.25) is 9.59 Å². The molecule has 0 saturated carbocycles. The fourth-order valence-electron chi connectivity index (χ4n) is 3.46. The van der Waals surface area contributed by atoms with Crippen LogP contribution in [0.25, 0.3) is 0 Å². The Balaban J connectivity index is 3.93. The van der Waals surface area contributed by atoms with Crippen molar-refractivity contribution in [2.45, 2.75) is 123 Å². The van der Waals surface area contributed by atoms with Gasteiger partial charge in [0.05, 0.1) is 6.10 Å². The van der Waals surface area contributed by atoms with Crippen molar-refractivity contribution in [3.05, 3.63) is 11.0 Å². The highest BCUT2D eigenvalue weighted by atomic mass is 32.2. The molecule has 0 aliphatic rings. The van der Waals surface area contributed by atoms with Gasteiger partial charge in [0.2, 0.25) is 5.91 Å². The first-order chi connectivity index (χ1) is 15.0. The van der Waals surface area contributed by atoms with E-state index in [0.29, 0.717) is 5.75 Å². The molecule has 0 unspecified atom stereocenters. The molecule has 3 N–H and O–H groups in total. The van der Waals surface area contributed by atoms with Crippen LogP contribution in [-0.4, -0.2) is 40.5 Å². The number of hydrogen-bond acceptors (Lipinski definition) is 4. The zero-order chi connectivity index (χ0) is 23.2. The summed E-state index contributed by atoms with van der Waals surface area (Å²) in [5.41, 5.74) is 0. The molecular formula is C25H47NO4S. The molecule has 0 aromatic heterocycles. The molecule has 1 amide bonds. The van der Waals surface area contributed by atoms with Crippen LogP contribution in [0.3, 0.4) is 0 Å². The molecule has 0 bridgehead atoms. The van der Waals surface area contributed by atoms with Crippen LogP contribution in [-0.2, 0) is 9.59 Å². The van der Waals surface area contributed by atoms with Gasteiger partial charge in [0.1, 0.15) is 6.54 Å². The monoisotopic (exact) mass is 457 g/mol. The second-order valence-electron chi connectivity index (χ2n) is 8.36. The lowest BCUT2D eigenvalue weighted by molar-refractivity contribution is -0.137. The fourth-order valence-corrected chi connectivity index (χ4v) is 4.53. The quantitative estimate of drug-likeness (QED) is 0.163. The zero-order valence-corrected chi connectivity index (χ0v) is 20.8. The van der Waals surface area contributed by atoms with Gasteiger partial charge in [-0.15, -0.1) is 11.8 Å². The average Bonchev–Trinajstić information content (AvgIpc) is 2.74. The van der Waals surface area contributed by atoms with Crippen molar-refractivity contribution < 1.29 is 19.8 Å². The van der Waals surface area contributed by atoms with E-state index in [-0.39, 0.29) is 18.9 Å². The van der Waals surface area contributed by atoms with E-state index >= 15 is 0 Å². The summed E-state index contributed by atoms with van der Waals surface area (Å²) in [7, 11) is 0. The van der Waals surface area contributed by atoms with Gasteiger partial charge in [0, 0.05) is 17.1 Å². The van der Waals surface area contributed by atoms with Gasteiger partial charge in [0.15, 0.2) is 0 Å². The molecule has 0 heterocycles. The highest BCUT2D eigenvalue weighted by molar-refractivity contribution is 8.03. The molecule has 31 heavy (non-hydrogen) atoms. The first-order valence-electron chi connectivity index (χ1n) is 12.5. The maximum absolute atomic E-state index is 11.6. The van der Waals surface area contributed by atoms with Crippen LogP contribution in [0.2, 0.25) is 0 Å². The molecule has 0 rings (SSSR count). The molecule has 0 aromatic rings. The number of unbranched alkanes of at least 4 members (excludes halogenated alkanes) is 12. The Morgan fingerprint density at radius 2 is 1.42 bits per heavy atom. The highest BCUT2D eigenvalue weighted by Crippen LogP contribution is 2.25. The summed E-state index contributed by atoms with van der Waals surface area (Å²) in [4.78, 5) is 23.1. The number of aliphatic hydroxyl groups is 1. The van der Waals surface area contributed by atoms with Crippen molar-refractivity contribution >= 4 is 23.6 Å². The van der Waals surface area contributed by atoms with Crippen LogP contribution >= 0.6 is 11.8 Å². The number of amides is 1. The number of thioether (sulfide) groups is 1. The predicted octanol–water partition coefficient (Wildman–Crippen LogP) is 6.45. The Hall–Kier alpha value is -1.01. The van der Waals surface area contributed by atoms with E-state index in [1.54, 1.807) is 0 Å². The lowest BCUT2D eigenvalue weighted by Crippen LogP contribution is -2.29. The first kappa shape index (κ1) is 30.0. The summed E-state index contributed by atoms with van der Waals surface area (Å²) in [5, 5.41) is 21.3. The number of aliphatic carboxylic acids is 1. The predicted molar refractivity (Wildman–Crippen MR) is 132 cm³/mol. The molecule has 0 aliphatic heterocycles. The molecular weight excluding hydrogens is 410 g/mol. The van der Waals surface area contributed by atoms with E-state index in [2.05, 4.69) is 25.2 Å². The van der Waals surface area contributed by atoms with Crippen molar-refractivity contribution in [3.63, 3.8) is 0 Å².